The first-order valence-electron chi connectivity index (χ1n) is 9.73. The molecule has 1 aliphatic heterocycles. The molecule has 1 heterocycles. The lowest BCUT2D eigenvalue weighted by Crippen LogP contribution is -2.44. The summed E-state index contributed by atoms with van der Waals surface area (Å²) in [6.45, 7) is 1.78. The van der Waals surface area contributed by atoms with Gasteiger partial charge in [-0.1, -0.05) is 59.2 Å². The minimum atomic E-state index is -1.29. The quantitative estimate of drug-likeness (QED) is 0.446. The molecule has 0 aromatic heterocycles. The average Bonchev–Trinajstić information content (AvgIpc) is 2.80. The number of nitriles is 1. The number of nitrogens with zero attached hydrogens (tertiary/aromatic N) is 1. The van der Waals surface area contributed by atoms with Crippen molar-refractivity contribution in [3.63, 3.8) is 0 Å². The van der Waals surface area contributed by atoms with Crippen LogP contribution in [0.3, 0.4) is 0 Å². The van der Waals surface area contributed by atoms with Crippen molar-refractivity contribution in [1.29, 1.82) is 5.26 Å². The maximum Gasteiger partial charge on any atom is 0.319 e. The van der Waals surface area contributed by atoms with Crippen molar-refractivity contribution in [1.82, 2.24) is 5.32 Å². The number of methoxy groups -OCH3 is 1. The van der Waals surface area contributed by atoms with Crippen molar-refractivity contribution >= 4 is 58.4 Å². The summed E-state index contributed by atoms with van der Waals surface area (Å²) in [6, 6.07) is 13.9. The molecule has 1 aliphatic rings. The zero-order valence-corrected chi connectivity index (χ0v) is 20.0. The Morgan fingerprint density at radius 1 is 1.18 bits per heavy atom. The lowest BCUT2D eigenvalue weighted by atomic mass is 9.78. The van der Waals surface area contributed by atoms with Crippen molar-refractivity contribution < 1.29 is 19.1 Å². The molecule has 0 radical (unpaired) electrons. The number of anilines is 1. The Morgan fingerprint density at radius 2 is 1.88 bits per heavy atom. The number of hydrogen-bond acceptors (Lipinski definition) is 6. The third-order valence-electron chi connectivity index (χ3n) is 5.11. The summed E-state index contributed by atoms with van der Waals surface area (Å²) in [6.07, 6.45) is 0. The van der Waals surface area contributed by atoms with Crippen LogP contribution >= 0.6 is 35.0 Å². The van der Waals surface area contributed by atoms with E-state index in [1.54, 1.807) is 49.4 Å². The van der Waals surface area contributed by atoms with E-state index in [1.165, 1.54) is 7.11 Å². The van der Waals surface area contributed by atoms with Gasteiger partial charge in [0.1, 0.15) is 5.92 Å². The summed E-state index contributed by atoms with van der Waals surface area (Å²) in [7, 11) is 1.17. The fourth-order valence-electron chi connectivity index (χ4n) is 3.45. The van der Waals surface area contributed by atoms with Gasteiger partial charge in [0.2, 0.25) is 11.8 Å². The van der Waals surface area contributed by atoms with Crippen LogP contribution in [0.1, 0.15) is 17.0 Å². The molecule has 2 N–H and O–H groups in total. The molecule has 2 aromatic carbocycles. The molecule has 2 amide bonds. The van der Waals surface area contributed by atoms with Crippen LogP contribution in [-0.4, -0.2) is 30.6 Å². The molecule has 0 saturated heterocycles. The standard InChI is InChI=1S/C23H19Cl2N3O4S/c1-12-15(24)8-5-9-17(12)27-18(29)11-33-22-14(10-26)19(13-6-3-4-7-16(13)25)20(21(30)28-22)23(31)32-2/h3-9,19-20H,11H2,1-2H3,(H,27,29)(H,28,30)/t19-,20-/m1/s1. The third-order valence-corrected chi connectivity index (χ3v) is 6.88. The largest absolute Gasteiger partial charge is 0.468 e. The molecule has 170 valence electrons. The number of allylic oxidation sites excluding steroid dienone is 1. The van der Waals surface area contributed by atoms with Crippen molar-refractivity contribution in [2.45, 2.75) is 12.8 Å². The molecule has 0 fully saturated rings. The second-order valence-electron chi connectivity index (χ2n) is 7.09. The lowest BCUT2D eigenvalue weighted by molar-refractivity contribution is -0.150. The molecule has 7 nitrogen and oxygen atoms in total. The fourth-order valence-corrected chi connectivity index (χ4v) is 4.73. The molecular formula is C23H19Cl2N3O4S. The smallest absolute Gasteiger partial charge is 0.319 e. The molecule has 3 rings (SSSR count). The average molecular weight is 504 g/mol. The van der Waals surface area contributed by atoms with Gasteiger partial charge in [-0.05, 0) is 36.2 Å². The first-order valence-corrected chi connectivity index (χ1v) is 11.5. The minimum absolute atomic E-state index is 0.0924. The number of hydrogen-bond donors (Lipinski definition) is 2. The number of carbonyl (C=O) groups is 3. The molecule has 0 unspecified atom stereocenters. The van der Waals surface area contributed by atoms with E-state index in [2.05, 4.69) is 16.7 Å². The molecule has 10 heteroatoms. The first-order chi connectivity index (χ1) is 15.8. The van der Waals surface area contributed by atoms with Crippen LogP contribution in [-0.2, 0) is 19.1 Å². The number of rotatable bonds is 6. The summed E-state index contributed by atoms with van der Waals surface area (Å²) in [5.41, 5.74) is 1.85. The van der Waals surface area contributed by atoms with Gasteiger partial charge >= 0.3 is 5.97 Å². The molecule has 0 bridgehead atoms. The van der Waals surface area contributed by atoms with Crippen LogP contribution in [0.25, 0.3) is 0 Å². The van der Waals surface area contributed by atoms with Crippen LogP contribution in [0.5, 0.6) is 0 Å². The molecular weight excluding hydrogens is 485 g/mol. The molecule has 0 aliphatic carbocycles. The van der Waals surface area contributed by atoms with Crippen molar-refractivity contribution in [3.8, 4) is 6.07 Å². The van der Waals surface area contributed by atoms with E-state index in [1.807, 2.05) is 0 Å². The Balaban J connectivity index is 1.91. The topological polar surface area (TPSA) is 108 Å². The number of nitrogens with one attached hydrogen (secondary N) is 2. The summed E-state index contributed by atoms with van der Waals surface area (Å²) < 4.78 is 4.81. The van der Waals surface area contributed by atoms with Crippen molar-refractivity contribution in [3.05, 3.63) is 74.2 Å². The van der Waals surface area contributed by atoms with Gasteiger partial charge in [0.25, 0.3) is 0 Å². The highest BCUT2D eigenvalue weighted by Crippen LogP contribution is 2.42. The van der Waals surface area contributed by atoms with E-state index >= 15 is 0 Å². The number of esters is 1. The van der Waals surface area contributed by atoms with E-state index in [4.69, 9.17) is 27.9 Å². The number of halogens is 2. The van der Waals surface area contributed by atoms with E-state index in [0.717, 1.165) is 17.3 Å². The number of carbonyl (C=O) groups excluding carboxylic acids is 3. The van der Waals surface area contributed by atoms with Crippen LogP contribution in [0, 0.1) is 24.2 Å². The SMILES string of the molecule is COC(=O)[C@H]1C(=O)NC(SCC(=O)Nc2cccc(Cl)c2C)=C(C#N)[C@H]1c1ccccc1Cl. The van der Waals surface area contributed by atoms with Gasteiger partial charge in [0.05, 0.1) is 29.5 Å². The van der Waals surface area contributed by atoms with Gasteiger partial charge in [-0.3, -0.25) is 14.4 Å². The molecule has 33 heavy (non-hydrogen) atoms. The van der Waals surface area contributed by atoms with Gasteiger partial charge in [0.15, 0.2) is 0 Å². The van der Waals surface area contributed by atoms with Crippen molar-refractivity contribution in [2.75, 3.05) is 18.2 Å². The molecule has 2 atom stereocenters. The monoisotopic (exact) mass is 503 g/mol. The number of thioether (sulfide) groups is 1. The fraction of sp³-hybridized carbons (Fsp3) is 0.217. The number of ether oxygens (including phenoxy) is 1. The minimum Gasteiger partial charge on any atom is -0.468 e. The van der Waals surface area contributed by atoms with Gasteiger partial charge in [-0.2, -0.15) is 5.26 Å². The Kier molecular flexibility index (Phi) is 8.03. The zero-order valence-electron chi connectivity index (χ0n) is 17.6. The molecule has 2 aromatic rings. The van der Waals surface area contributed by atoms with Gasteiger partial charge in [0, 0.05) is 21.7 Å². The number of benzene rings is 2. The Labute approximate surface area is 205 Å². The summed E-state index contributed by atoms with van der Waals surface area (Å²) >= 11 is 13.4. The molecule has 0 saturated carbocycles. The Bertz CT molecular complexity index is 1190. The van der Waals surface area contributed by atoms with Gasteiger partial charge < -0.3 is 15.4 Å². The second kappa shape index (κ2) is 10.8. The predicted octanol–water partition coefficient (Wildman–Crippen LogP) is 4.41. The van der Waals surface area contributed by atoms with E-state index in [0.29, 0.717) is 21.3 Å². The Hall–Kier alpha value is -2.99. The van der Waals surface area contributed by atoms with Gasteiger partial charge in [-0.15, -0.1) is 0 Å². The normalized spacial score (nSPS) is 17.7. The van der Waals surface area contributed by atoms with Crippen LogP contribution in [0.2, 0.25) is 10.0 Å². The Morgan fingerprint density at radius 3 is 2.55 bits per heavy atom. The van der Waals surface area contributed by atoms with Crippen LogP contribution in [0.4, 0.5) is 5.69 Å². The highest BCUT2D eigenvalue weighted by Gasteiger charge is 2.45. The van der Waals surface area contributed by atoms with E-state index in [9.17, 15) is 19.6 Å². The zero-order chi connectivity index (χ0) is 24.1. The highest BCUT2D eigenvalue weighted by atomic mass is 35.5. The van der Waals surface area contributed by atoms with Gasteiger partial charge in [-0.25, -0.2) is 0 Å². The van der Waals surface area contributed by atoms with E-state index in [-0.39, 0.29) is 22.3 Å². The maximum atomic E-state index is 12.9. The van der Waals surface area contributed by atoms with Crippen LogP contribution < -0.4 is 10.6 Å². The predicted molar refractivity (Wildman–Crippen MR) is 128 cm³/mol. The summed E-state index contributed by atoms with van der Waals surface area (Å²) in [4.78, 5) is 37.8. The van der Waals surface area contributed by atoms with E-state index < -0.39 is 23.7 Å². The first kappa shape index (κ1) is 24.6. The third kappa shape index (κ3) is 5.33. The second-order valence-corrected chi connectivity index (χ2v) is 8.89. The highest BCUT2D eigenvalue weighted by molar-refractivity contribution is 8.03. The summed E-state index contributed by atoms with van der Waals surface area (Å²) in [5.74, 6) is -4.12. The molecule has 0 spiro atoms. The van der Waals surface area contributed by atoms with Crippen molar-refractivity contribution in [2.24, 2.45) is 5.92 Å². The number of amides is 2. The van der Waals surface area contributed by atoms with Crippen LogP contribution in [0.15, 0.2) is 53.1 Å². The lowest BCUT2D eigenvalue weighted by Gasteiger charge is -2.31. The summed E-state index contributed by atoms with van der Waals surface area (Å²) in [5, 5.41) is 16.3. The maximum absolute atomic E-state index is 12.9.